The molecule has 0 aliphatic heterocycles. The summed E-state index contributed by atoms with van der Waals surface area (Å²) in [6, 6.07) is 2.24. The average molecular weight is 287 g/mol. The van der Waals surface area contributed by atoms with Gasteiger partial charge in [0.25, 0.3) is 0 Å². The Balaban J connectivity index is 3.12. The monoisotopic (exact) mass is 287 g/mol. The molecule has 104 valence electrons. The van der Waals surface area contributed by atoms with Gasteiger partial charge in [-0.15, -0.1) is 6.58 Å². The Bertz CT molecular complexity index is 598. The van der Waals surface area contributed by atoms with Gasteiger partial charge in [0.05, 0.1) is 10.5 Å². The maximum Gasteiger partial charge on any atom is 0.338 e. The first-order valence-electron chi connectivity index (χ1n) is 5.44. The van der Waals surface area contributed by atoms with Gasteiger partial charge in [-0.05, 0) is 31.5 Å². The van der Waals surface area contributed by atoms with Gasteiger partial charge in [0.2, 0.25) is 10.0 Å². The van der Waals surface area contributed by atoms with E-state index in [1.54, 1.807) is 13.0 Å². The minimum atomic E-state index is -3.88. The van der Waals surface area contributed by atoms with E-state index in [-0.39, 0.29) is 10.9 Å². The van der Waals surface area contributed by atoms with E-state index in [0.717, 1.165) is 18.2 Å². The van der Waals surface area contributed by atoms with Crippen molar-refractivity contribution in [1.29, 1.82) is 0 Å². The van der Waals surface area contributed by atoms with Crippen molar-refractivity contribution in [3.05, 3.63) is 42.2 Å². The van der Waals surface area contributed by atoms with Gasteiger partial charge in [0.15, 0.2) is 0 Å². The molecule has 0 radical (unpaired) electrons. The zero-order valence-corrected chi connectivity index (χ0v) is 11.1. The smallest absolute Gasteiger partial charge is 0.338 e. The van der Waals surface area contributed by atoms with Crippen LogP contribution >= 0.6 is 0 Å². The number of rotatable bonds is 6. The van der Waals surface area contributed by atoms with Crippen molar-refractivity contribution >= 4 is 16.0 Å². The molecule has 0 heterocycles. The Labute approximate surface area is 110 Å². The van der Waals surface area contributed by atoms with Crippen LogP contribution in [0.25, 0.3) is 0 Å². The van der Waals surface area contributed by atoms with E-state index in [0.29, 0.717) is 6.42 Å². The number of sulfonamides is 1. The van der Waals surface area contributed by atoms with Crippen molar-refractivity contribution in [1.82, 2.24) is 4.72 Å². The zero-order chi connectivity index (χ0) is 14.6. The molecule has 1 atom stereocenters. The second-order valence-corrected chi connectivity index (χ2v) is 5.71. The minimum absolute atomic E-state index is 0.290. The normalized spacial score (nSPS) is 12.9. The van der Waals surface area contributed by atoms with Crippen LogP contribution in [0.5, 0.6) is 0 Å². The molecule has 0 saturated carbocycles. The fraction of sp³-hybridized carbons (Fsp3) is 0.250. The maximum atomic E-state index is 13.2. The molecule has 7 heteroatoms. The Morgan fingerprint density at radius 1 is 1.58 bits per heavy atom. The molecule has 1 aromatic carbocycles. The lowest BCUT2D eigenvalue weighted by Gasteiger charge is -2.12. The number of hydrogen-bond donors (Lipinski definition) is 2. The fourth-order valence-corrected chi connectivity index (χ4v) is 2.75. The third-order valence-corrected chi connectivity index (χ3v) is 3.94. The van der Waals surface area contributed by atoms with Gasteiger partial charge >= 0.3 is 5.97 Å². The number of carbonyl (C=O) groups is 1. The van der Waals surface area contributed by atoms with Gasteiger partial charge in [-0.1, -0.05) is 6.08 Å². The molecule has 1 rings (SSSR count). The molecule has 0 amide bonds. The molecule has 1 unspecified atom stereocenters. The number of hydrogen-bond acceptors (Lipinski definition) is 3. The second kappa shape index (κ2) is 5.94. The van der Waals surface area contributed by atoms with Gasteiger partial charge in [-0.25, -0.2) is 22.3 Å². The van der Waals surface area contributed by atoms with Crippen LogP contribution in [0.15, 0.2) is 35.7 Å². The number of nitrogens with one attached hydrogen (secondary N) is 1. The van der Waals surface area contributed by atoms with E-state index in [1.807, 2.05) is 0 Å². The fourth-order valence-electron chi connectivity index (χ4n) is 1.47. The van der Waals surface area contributed by atoms with Crippen LogP contribution in [-0.2, 0) is 10.0 Å². The van der Waals surface area contributed by atoms with Crippen LogP contribution < -0.4 is 4.72 Å². The Morgan fingerprint density at radius 2 is 2.21 bits per heavy atom. The highest BCUT2D eigenvalue weighted by atomic mass is 32.2. The Morgan fingerprint density at radius 3 is 2.74 bits per heavy atom. The highest BCUT2D eigenvalue weighted by Crippen LogP contribution is 2.15. The zero-order valence-electron chi connectivity index (χ0n) is 10.3. The molecule has 5 nitrogen and oxygen atoms in total. The first-order valence-corrected chi connectivity index (χ1v) is 6.92. The quantitative estimate of drug-likeness (QED) is 0.781. The molecular formula is C12H14FNO4S. The lowest BCUT2D eigenvalue weighted by molar-refractivity contribution is 0.0691. The molecule has 19 heavy (non-hydrogen) atoms. The van der Waals surface area contributed by atoms with Crippen LogP contribution in [0.3, 0.4) is 0 Å². The number of benzene rings is 1. The summed E-state index contributed by atoms with van der Waals surface area (Å²) in [5, 5.41) is 8.75. The van der Waals surface area contributed by atoms with Gasteiger partial charge < -0.3 is 5.11 Å². The summed E-state index contributed by atoms with van der Waals surface area (Å²) in [5.41, 5.74) is -0.681. The number of halogens is 1. The third kappa shape index (κ3) is 3.87. The van der Waals surface area contributed by atoms with Gasteiger partial charge in [-0.2, -0.15) is 0 Å². The SMILES string of the molecule is C=CCC(C)NS(=O)(=O)c1ccc(F)c(C(=O)O)c1. The van der Waals surface area contributed by atoms with Crippen molar-refractivity contribution in [2.75, 3.05) is 0 Å². The molecule has 0 spiro atoms. The highest BCUT2D eigenvalue weighted by Gasteiger charge is 2.20. The van der Waals surface area contributed by atoms with Crippen LogP contribution in [0.1, 0.15) is 23.7 Å². The molecule has 0 aliphatic carbocycles. The van der Waals surface area contributed by atoms with Crippen LogP contribution in [0.2, 0.25) is 0 Å². The lowest BCUT2D eigenvalue weighted by Crippen LogP contribution is -2.32. The van der Waals surface area contributed by atoms with Crippen molar-refractivity contribution in [2.45, 2.75) is 24.3 Å². The van der Waals surface area contributed by atoms with E-state index in [9.17, 15) is 17.6 Å². The van der Waals surface area contributed by atoms with E-state index >= 15 is 0 Å². The second-order valence-electron chi connectivity index (χ2n) is 3.99. The summed E-state index contributed by atoms with van der Waals surface area (Å²) in [4.78, 5) is 10.5. The van der Waals surface area contributed by atoms with Crippen LogP contribution in [0.4, 0.5) is 4.39 Å². The van der Waals surface area contributed by atoms with Crippen molar-refractivity contribution in [3.8, 4) is 0 Å². The molecule has 1 aromatic rings. The van der Waals surface area contributed by atoms with E-state index in [4.69, 9.17) is 5.11 Å². The summed E-state index contributed by atoms with van der Waals surface area (Å²) in [6.45, 7) is 5.13. The topological polar surface area (TPSA) is 83.5 Å². The summed E-state index contributed by atoms with van der Waals surface area (Å²) in [5.74, 6) is -2.50. The van der Waals surface area contributed by atoms with Gasteiger partial charge in [-0.3, -0.25) is 0 Å². The molecule has 0 aliphatic rings. The molecule has 0 fully saturated rings. The molecule has 0 saturated heterocycles. The maximum absolute atomic E-state index is 13.2. The third-order valence-electron chi connectivity index (χ3n) is 2.36. The van der Waals surface area contributed by atoms with Crippen LogP contribution in [-0.4, -0.2) is 25.5 Å². The number of aromatic carboxylic acids is 1. The largest absolute Gasteiger partial charge is 0.478 e. The van der Waals surface area contributed by atoms with Crippen molar-refractivity contribution in [3.63, 3.8) is 0 Å². The number of carboxylic acids is 1. The van der Waals surface area contributed by atoms with Crippen molar-refractivity contribution in [2.24, 2.45) is 0 Å². The first-order chi connectivity index (χ1) is 8.77. The lowest BCUT2D eigenvalue weighted by atomic mass is 10.2. The minimum Gasteiger partial charge on any atom is -0.478 e. The van der Waals surface area contributed by atoms with E-state index in [1.165, 1.54) is 0 Å². The number of carboxylic acid groups (broad SMARTS) is 1. The van der Waals surface area contributed by atoms with Crippen molar-refractivity contribution < 1.29 is 22.7 Å². The molecule has 2 N–H and O–H groups in total. The van der Waals surface area contributed by atoms with Gasteiger partial charge in [0, 0.05) is 6.04 Å². The first kappa shape index (κ1) is 15.3. The van der Waals surface area contributed by atoms with Gasteiger partial charge in [0.1, 0.15) is 5.82 Å². The Hall–Kier alpha value is -1.73. The Kier molecular flexibility index (Phi) is 4.79. The molecular weight excluding hydrogens is 273 g/mol. The summed E-state index contributed by atoms with van der Waals surface area (Å²) in [6.07, 6.45) is 1.98. The van der Waals surface area contributed by atoms with Crippen LogP contribution in [0, 0.1) is 5.82 Å². The van der Waals surface area contributed by atoms with E-state index < -0.39 is 27.4 Å². The standard InChI is InChI=1S/C12H14FNO4S/c1-3-4-8(2)14-19(17,18)9-5-6-11(13)10(7-9)12(15)16/h3,5-8,14H,1,4H2,2H3,(H,15,16). The molecule has 0 bridgehead atoms. The molecule has 0 aromatic heterocycles. The average Bonchev–Trinajstić information content (AvgIpc) is 2.28. The predicted molar refractivity (Wildman–Crippen MR) is 68.0 cm³/mol. The van der Waals surface area contributed by atoms with E-state index in [2.05, 4.69) is 11.3 Å². The summed E-state index contributed by atoms with van der Waals surface area (Å²) in [7, 11) is -3.88. The highest BCUT2D eigenvalue weighted by molar-refractivity contribution is 7.89. The predicted octanol–water partition coefficient (Wildman–Crippen LogP) is 1.77. The summed E-state index contributed by atoms with van der Waals surface area (Å²) < 4.78 is 39.4. The summed E-state index contributed by atoms with van der Waals surface area (Å²) >= 11 is 0.